The van der Waals surface area contributed by atoms with Crippen LogP contribution in [0, 0.1) is 6.92 Å². The maximum atomic E-state index is 5.86. The number of nitrogens with zero attached hydrogens (tertiary/aromatic N) is 2. The van der Waals surface area contributed by atoms with Crippen molar-refractivity contribution < 1.29 is 4.74 Å². The quantitative estimate of drug-likeness (QED) is 0.914. The number of hydrogen-bond acceptors (Lipinski definition) is 4. The monoisotopic (exact) mass is 257 g/mol. The second-order valence-electron chi connectivity index (χ2n) is 4.55. The average molecular weight is 257 g/mol. The van der Waals surface area contributed by atoms with E-state index in [0.29, 0.717) is 5.82 Å². The fraction of sp³-hybridized carbons (Fsp3) is 0.333. The first-order valence-corrected chi connectivity index (χ1v) is 6.42. The minimum Gasteiger partial charge on any atom is -0.496 e. The zero-order valence-corrected chi connectivity index (χ0v) is 11.6. The van der Waals surface area contributed by atoms with Crippen molar-refractivity contribution in [3.8, 4) is 17.0 Å². The third-order valence-corrected chi connectivity index (χ3v) is 2.90. The predicted molar refractivity (Wildman–Crippen MR) is 77.2 cm³/mol. The number of aryl methyl sites for hydroxylation is 2. The summed E-state index contributed by atoms with van der Waals surface area (Å²) in [6, 6.07) is 7.80. The van der Waals surface area contributed by atoms with E-state index in [-0.39, 0.29) is 0 Å². The highest BCUT2D eigenvalue weighted by atomic mass is 16.5. The molecule has 0 aliphatic rings. The lowest BCUT2D eigenvalue weighted by Crippen LogP contribution is -2.02. The van der Waals surface area contributed by atoms with Crippen LogP contribution in [0.3, 0.4) is 0 Å². The Morgan fingerprint density at radius 3 is 2.68 bits per heavy atom. The van der Waals surface area contributed by atoms with Crippen molar-refractivity contribution in [2.75, 3.05) is 12.8 Å². The van der Waals surface area contributed by atoms with Crippen molar-refractivity contribution in [3.63, 3.8) is 0 Å². The smallest absolute Gasteiger partial charge is 0.131 e. The number of aromatic nitrogens is 2. The molecule has 0 saturated heterocycles. The minimum absolute atomic E-state index is 0.497. The first kappa shape index (κ1) is 13.3. The van der Waals surface area contributed by atoms with Gasteiger partial charge in [-0.15, -0.1) is 0 Å². The van der Waals surface area contributed by atoms with E-state index in [1.165, 1.54) is 0 Å². The number of nitrogen functional groups attached to an aromatic ring is 1. The van der Waals surface area contributed by atoms with E-state index in [4.69, 9.17) is 10.5 Å². The molecule has 4 heteroatoms. The van der Waals surface area contributed by atoms with Crippen molar-refractivity contribution in [1.82, 2.24) is 9.97 Å². The molecule has 0 amide bonds. The van der Waals surface area contributed by atoms with Gasteiger partial charge in [0.2, 0.25) is 0 Å². The fourth-order valence-electron chi connectivity index (χ4n) is 2.01. The summed E-state index contributed by atoms with van der Waals surface area (Å²) in [5.74, 6) is 2.07. The summed E-state index contributed by atoms with van der Waals surface area (Å²) in [7, 11) is 1.66. The lowest BCUT2D eigenvalue weighted by Gasteiger charge is -2.10. The molecular formula is C15H19N3O. The molecule has 0 saturated carbocycles. The predicted octanol–water partition coefficient (Wildman–Crippen LogP) is 3.00. The zero-order chi connectivity index (χ0) is 13.8. The molecular weight excluding hydrogens is 238 g/mol. The van der Waals surface area contributed by atoms with Crippen LogP contribution in [0.5, 0.6) is 5.75 Å². The zero-order valence-electron chi connectivity index (χ0n) is 11.6. The van der Waals surface area contributed by atoms with Crippen LogP contribution >= 0.6 is 0 Å². The summed E-state index contributed by atoms with van der Waals surface area (Å²) in [6.45, 7) is 4.14. The van der Waals surface area contributed by atoms with E-state index in [1.807, 2.05) is 19.1 Å². The minimum atomic E-state index is 0.497. The van der Waals surface area contributed by atoms with Crippen molar-refractivity contribution in [3.05, 3.63) is 35.7 Å². The molecule has 0 bridgehead atoms. The van der Waals surface area contributed by atoms with E-state index >= 15 is 0 Å². The Balaban J connectivity index is 2.54. The van der Waals surface area contributed by atoms with Crippen molar-refractivity contribution in [1.29, 1.82) is 0 Å². The number of anilines is 1. The maximum absolute atomic E-state index is 5.86. The molecule has 0 radical (unpaired) electrons. The second kappa shape index (κ2) is 5.69. The highest BCUT2D eigenvalue weighted by molar-refractivity contribution is 5.69. The average Bonchev–Trinajstić information content (AvgIpc) is 2.38. The van der Waals surface area contributed by atoms with Gasteiger partial charge >= 0.3 is 0 Å². The van der Waals surface area contributed by atoms with Gasteiger partial charge in [0.25, 0.3) is 0 Å². The van der Waals surface area contributed by atoms with E-state index in [2.05, 4.69) is 23.0 Å². The molecule has 0 atom stereocenters. The van der Waals surface area contributed by atoms with Gasteiger partial charge in [-0.05, 0) is 25.5 Å². The first-order chi connectivity index (χ1) is 9.13. The Labute approximate surface area is 113 Å². The third-order valence-electron chi connectivity index (χ3n) is 2.90. The Bertz CT molecular complexity index is 582. The van der Waals surface area contributed by atoms with Crippen LogP contribution in [-0.4, -0.2) is 17.1 Å². The van der Waals surface area contributed by atoms with Crippen LogP contribution in [0.1, 0.15) is 24.7 Å². The van der Waals surface area contributed by atoms with Gasteiger partial charge in [-0.1, -0.05) is 18.6 Å². The number of nitrogens with two attached hydrogens (primary N) is 1. The topological polar surface area (TPSA) is 61.0 Å². The molecule has 2 N–H and O–H groups in total. The summed E-state index contributed by atoms with van der Waals surface area (Å²) >= 11 is 0. The molecule has 1 aromatic heterocycles. The van der Waals surface area contributed by atoms with Crippen LogP contribution in [0.4, 0.5) is 5.82 Å². The fourth-order valence-corrected chi connectivity index (χ4v) is 2.01. The number of ether oxygens (including phenoxy) is 1. The highest BCUT2D eigenvalue weighted by Gasteiger charge is 2.10. The molecule has 2 rings (SSSR count). The number of methoxy groups -OCH3 is 1. The van der Waals surface area contributed by atoms with Crippen LogP contribution in [-0.2, 0) is 6.42 Å². The lowest BCUT2D eigenvalue weighted by molar-refractivity contribution is 0.416. The SMILES string of the molecule is CCCc1nc(N)cc(-c2cc(C)ccc2OC)n1. The maximum Gasteiger partial charge on any atom is 0.131 e. The summed E-state index contributed by atoms with van der Waals surface area (Å²) in [5.41, 5.74) is 8.79. The number of hydrogen-bond donors (Lipinski definition) is 1. The second-order valence-corrected chi connectivity index (χ2v) is 4.55. The summed E-state index contributed by atoms with van der Waals surface area (Å²) in [4.78, 5) is 8.83. The molecule has 19 heavy (non-hydrogen) atoms. The van der Waals surface area contributed by atoms with Crippen LogP contribution < -0.4 is 10.5 Å². The molecule has 0 aliphatic carbocycles. The molecule has 100 valence electrons. The molecule has 2 aromatic rings. The summed E-state index contributed by atoms with van der Waals surface area (Å²) in [6.07, 6.45) is 1.82. The van der Waals surface area contributed by atoms with Gasteiger partial charge in [0, 0.05) is 18.1 Å². The number of benzene rings is 1. The van der Waals surface area contributed by atoms with Crippen LogP contribution in [0.15, 0.2) is 24.3 Å². The van der Waals surface area contributed by atoms with Crippen molar-refractivity contribution >= 4 is 5.82 Å². The van der Waals surface area contributed by atoms with E-state index in [9.17, 15) is 0 Å². The Hall–Kier alpha value is -2.10. The molecule has 0 fully saturated rings. The van der Waals surface area contributed by atoms with E-state index in [1.54, 1.807) is 13.2 Å². The Morgan fingerprint density at radius 1 is 1.21 bits per heavy atom. The van der Waals surface area contributed by atoms with Gasteiger partial charge in [0.15, 0.2) is 0 Å². The van der Waals surface area contributed by atoms with Crippen LogP contribution in [0.2, 0.25) is 0 Å². The third kappa shape index (κ3) is 3.02. The van der Waals surface area contributed by atoms with E-state index in [0.717, 1.165) is 41.2 Å². The Kier molecular flexibility index (Phi) is 4.00. The molecule has 1 heterocycles. The standard InChI is InChI=1S/C15H19N3O/c1-4-5-15-17-12(9-14(16)18-15)11-8-10(2)6-7-13(11)19-3/h6-9H,4-5H2,1-3H3,(H2,16,17,18). The molecule has 0 aliphatic heterocycles. The van der Waals surface area contributed by atoms with Crippen molar-refractivity contribution in [2.45, 2.75) is 26.7 Å². The van der Waals surface area contributed by atoms with Gasteiger partial charge in [-0.3, -0.25) is 0 Å². The van der Waals surface area contributed by atoms with Gasteiger partial charge < -0.3 is 10.5 Å². The number of rotatable bonds is 4. The van der Waals surface area contributed by atoms with Gasteiger partial charge in [-0.2, -0.15) is 0 Å². The molecule has 1 aromatic carbocycles. The molecule has 0 unspecified atom stereocenters. The summed E-state index contributed by atoms with van der Waals surface area (Å²) < 4.78 is 5.39. The lowest BCUT2D eigenvalue weighted by atomic mass is 10.1. The normalized spacial score (nSPS) is 10.5. The Morgan fingerprint density at radius 2 is 2.00 bits per heavy atom. The highest BCUT2D eigenvalue weighted by Crippen LogP contribution is 2.30. The molecule has 4 nitrogen and oxygen atoms in total. The van der Waals surface area contributed by atoms with Gasteiger partial charge in [0.05, 0.1) is 12.8 Å². The van der Waals surface area contributed by atoms with Crippen LogP contribution in [0.25, 0.3) is 11.3 Å². The van der Waals surface area contributed by atoms with Gasteiger partial charge in [-0.25, -0.2) is 9.97 Å². The van der Waals surface area contributed by atoms with Crippen molar-refractivity contribution in [2.24, 2.45) is 0 Å². The molecule has 0 spiro atoms. The summed E-state index contributed by atoms with van der Waals surface area (Å²) in [5, 5.41) is 0. The van der Waals surface area contributed by atoms with Gasteiger partial charge in [0.1, 0.15) is 17.4 Å². The first-order valence-electron chi connectivity index (χ1n) is 6.42. The van der Waals surface area contributed by atoms with E-state index < -0.39 is 0 Å². The largest absolute Gasteiger partial charge is 0.496 e.